The summed E-state index contributed by atoms with van der Waals surface area (Å²) in [5, 5.41) is 2.76. The molecule has 2 heterocycles. The van der Waals surface area contributed by atoms with Crippen molar-refractivity contribution in [3.8, 4) is 0 Å². The summed E-state index contributed by atoms with van der Waals surface area (Å²) >= 11 is 0. The summed E-state index contributed by atoms with van der Waals surface area (Å²) in [4.78, 5) is 18.8. The number of H-pyrrole nitrogens is 1. The third kappa shape index (κ3) is 2.93. The van der Waals surface area contributed by atoms with Crippen molar-refractivity contribution in [3.05, 3.63) is 29.8 Å². The quantitative estimate of drug-likeness (QED) is 0.830. The molecular weight excluding hydrogens is 242 g/mol. The highest BCUT2D eigenvalue weighted by Crippen LogP contribution is 2.24. The highest BCUT2D eigenvalue weighted by molar-refractivity contribution is 5.99. The molecule has 2 aromatic rings. The van der Waals surface area contributed by atoms with Crippen LogP contribution in [0, 0.1) is 6.92 Å². The van der Waals surface area contributed by atoms with Crippen LogP contribution in [0.1, 0.15) is 25.1 Å². The number of aryl methyl sites for hydroxylation is 1. The number of anilines is 1. The number of ether oxygens (including phenoxy) is 1. The predicted octanol–water partition coefficient (Wildman–Crippen LogP) is 2.84. The zero-order valence-electron chi connectivity index (χ0n) is 11.3. The van der Waals surface area contributed by atoms with Gasteiger partial charge < -0.3 is 15.0 Å². The van der Waals surface area contributed by atoms with Crippen molar-refractivity contribution < 1.29 is 9.53 Å². The Morgan fingerprint density at radius 1 is 1.58 bits per heavy atom. The van der Waals surface area contributed by atoms with Crippen molar-refractivity contribution in [3.63, 3.8) is 0 Å². The lowest BCUT2D eigenvalue weighted by molar-refractivity contribution is -0.114. The van der Waals surface area contributed by atoms with Gasteiger partial charge in [0.2, 0.25) is 5.91 Å². The summed E-state index contributed by atoms with van der Waals surface area (Å²) in [6, 6.07) is 1.96. The Hall–Kier alpha value is -2.30. The van der Waals surface area contributed by atoms with Gasteiger partial charge in [0.25, 0.3) is 0 Å². The summed E-state index contributed by atoms with van der Waals surface area (Å²) in [6.45, 7) is 6.02. The Balaban J connectivity index is 2.43. The first kappa shape index (κ1) is 13.1. The monoisotopic (exact) mass is 259 g/mol. The number of nitrogens with one attached hydrogen (secondary N) is 2. The molecule has 0 atom stereocenters. The summed E-state index contributed by atoms with van der Waals surface area (Å²) in [6.07, 6.45) is 5.18. The SMILES string of the molecule is CCO/C=C/c1cc(C)c2[nH]cc(NC(C)=O)c2n1. The van der Waals surface area contributed by atoms with E-state index in [2.05, 4.69) is 15.3 Å². The Bertz CT molecular complexity index is 629. The molecule has 19 heavy (non-hydrogen) atoms. The average Bonchev–Trinajstić information content (AvgIpc) is 2.73. The van der Waals surface area contributed by atoms with Gasteiger partial charge in [0.15, 0.2) is 0 Å². The number of hydrogen-bond donors (Lipinski definition) is 2. The summed E-state index contributed by atoms with van der Waals surface area (Å²) in [7, 11) is 0. The van der Waals surface area contributed by atoms with Crippen LogP contribution in [0.2, 0.25) is 0 Å². The van der Waals surface area contributed by atoms with Gasteiger partial charge in [-0.15, -0.1) is 0 Å². The van der Waals surface area contributed by atoms with Gasteiger partial charge in [-0.25, -0.2) is 4.98 Å². The molecule has 0 radical (unpaired) electrons. The minimum absolute atomic E-state index is 0.115. The first-order valence-corrected chi connectivity index (χ1v) is 6.16. The van der Waals surface area contributed by atoms with Crippen LogP contribution in [0.3, 0.4) is 0 Å². The molecule has 2 N–H and O–H groups in total. The number of carbonyl (C=O) groups excluding carboxylic acids is 1. The molecular formula is C14H17N3O2. The minimum Gasteiger partial charge on any atom is -0.501 e. The van der Waals surface area contributed by atoms with E-state index in [1.807, 2.05) is 19.9 Å². The molecule has 2 aromatic heterocycles. The molecule has 0 saturated carbocycles. The van der Waals surface area contributed by atoms with Gasteiger partial charge in [-0.2, -0.15) is 0 Å². The van der Waals surface area contributed by atoms with Crippen LogP contribution in [-0.2, 0) is 9.53 Å². The normalized spacial score (nSPS) is 11.1. The number of fused-ring (bicyclic) bond motifs is 1. The molecule has 2 rings (SSSR count). The van der Waals surface area contributed by atoms with Crippen molar-refractivity contribution in [1.82, 2.24) is 9.97 Å². The number of aromatic amines is 1. The van der Waals surface area contributed by atoms with Crippen LogP contribution in [0.25, 0.3) is 17.1 Å². The third-order valence-electron chi connectivity index (χ3n) is 2.66. The maximum atomic E-state index is 11.1. The highest BCUT2D eigenvalue weighted by atomic mass is 16.5. The lowest BCUT2D eigenvalue weighted by Gasteiger charge is -2.02. The minimum atomic E-state index is -0.115. The number of amides is 1. The first-order valence-electron chi connectivity index (χ1n) is 6.16. The van der Waals surface area contributed by atoms with Crippen LogP contribution < -0.4 is 5.32 Å². The van der Waals surface area contributed by atoms with Gasteiger partial charge in [0.1, 0.15) is 5.52 Å². The zero-order valence-corrected chi connectivity index (χ0v) is 11.3. The second-order valence-electron chi connectivity index (χ2n) is 4.23. The van der Waals surface area contributed by atoms with Crippen LogP contribution in [0.15, 0.2) is 18.5 Å². The van der Waals surface area contributed by atoms with E-state index in [1.54, 1.807) is 18.5 Å². The van der Waals surface area contributed by atoms with Gasteiger partial charge in [-0.3, -0.25) is 4.79 Å². The average molecular weight is 259 g/mol. The number of hydrogen-bond acceptors (Lipinski definition) is 3. The Labute approximate surface area is 111 Å². The van der Waals surface area contributed by atoms with Gasteiger partial charge >= 0.3 is 0 Å². The molecule has 5 heteroatoms. The number of pyridine rings is 1. The molecule has 0 aromatic carbocycles. The molecule has 0 aliphatic heterocycles. The smallest absolute Gasteiger partial charge is 0.221 e. The van der Waals surface area contributed by atoms with E-state index in [4.69, 9.17) is 4.74 Å². The Kier molecular flexibility index (Phi) is 3.85. The number of rotatable bonds is 4. The van der Waals surface area contributed by atoms with Crippen molar-refractivity contribution in [1.29, 1.82) is 0 Å². The highest BCUT2D eigenvalue weighted by Gasteiger charge is 2.09. The van der Waals surface area contributed by atoms with Crippen LogP contribution >= 0.6 is 0 Å². The molecule has 0 saturated heterocycles. The molecule has 0 aliphatic rings. The van der Waals surface area contributed by atoms with E-state index < -0.39 is 0 Å². The predicted molar refractivity (Wildman–Crippen MR) is 75.8 cm³/mol. The fourth-order valence-corrected chi connectivity index (χ4v) is 1.87. The third-order valence-corrected chi connectivity index (χ3v) is 2.66. The fraction of sp³-hybridized carbons (Fsp3) is 0.286. The maximum absolute atomic E-state index is 11.1. The number of aromatic nitrogens is 2. The van der Waals surface area contributed by atoms with Gasteiger partial charge in [0.05, 0.1) is 29.8 Å². The van der Waals surface area contributed by atoms with E-state index in [1.165, 1.54) is 6.92 Å². The summed E-state index contributed by atoms with van der Waals surface area (Å²) < 4.78 is 5.17. The molecule has 5 nitrogen and oxygen atoms in total. The maximum Gasteiger partial charge on any atom is 0.221 e. The van der Waals surface area contributed by atoms with Gasteiger partial charge in [-0.05, 0) is 31.6 Å². The van der Waals surface area contributed by atoms with Crippen LogP contribution in [0.4, 0.5) is 5.69 Å². The van der Waals surface area contributed by atoms with Gasteiger partial charge in [0, 0.05) is 13.1 Å². The lowest BCUT2D eigenvalue weighted by Crippen LogP contribution is -2.05. The lowest BCUT2D eigenvalue weighted by atomic mass is 10.2. The Morgan fingerprint density at radius 3 is 3.05 bits per heavy atom. The van der Waals surface area contributed by atoms with E-state index >= 15 is 0 Å². The molecule has 0 fully saturated rings. The molecule has 0 aliphatic carbocycles. The summed E-state index contributed by atoms with van der Waals surface area (Å²) in [5.74, 6) is -0.115. The van der Waals surface area contributed by atoms with E-state index in [0.29, 0.717) is 12.3 Å². The fourth-order valence-electron chi connectivity index (χ4n) is 1.87. The molecule has 0 bridgehead atoms. The second-order valence-corrected chi connectivity index (χ2v) is 4.23. The zero-order chi connectivity index (χ0) is 13.8. The van der Waals surface area contributed by atoms with Crippen molar-refractivity contribution in [2.45, 2.75) is 20.8 Å². The molecule has 0 unspecified atom stereocenters. The van der Waals surface area contributed by atoms with Crippen molar-refractivity contribution in [2.75, 3.05) is 11.9 Å². The first-order chi connectivity index (χ1) is 9.11. The molecule has 0 spiro atoms. The Morgan fingerprint density at radius 2 is 2.37 bits per heavy atom. The van der Waals surface area contributed by atoms with Crippen LogP contribution in [-0.4, -0.2) is 22.5 Å². The molecule has 100 valence electrons. The van der Waals surface area contributed by atoms with Crippen molar-refractivity contribution >= 4 is 28.7 Å². The number of carbonyl (C=O) groups is 1. The standard InChI is InChI=1S/C14H17N3O2/c1-4-19-6-5-11-7-9(2)13-14(17-11)12(8-15-13)16-10(3)18/h5-8,15H,4H2,1-3H3,(H,16,18)/b6-5+. The topological polar surface area (TPSA) is 67.0 Å². The van der Waals surface area contributed by atoms with Gasteiger partial charge in [-0.1, -0.05) is 0 Å². The van der Waals surface area contributed by atoms with E-state index in [9.17, 15) is 4.79 Å². The van der Waals surface area contributed by atoms with Crippen molar-refractivity contribution in [2.24, 2.45) is 0 Å². The van der Waals surface area contributed by atoms with Crippen LogP contribution in [0.5, 0.6) is 0 Å². The van der Waals surface area contributed by atoms with E-state index in [0.717, 1.165) is 22.3 Å². The van der Waals surface area contributed by atoms with E-state index in [-0.39, 0.29) is 5.91 Å². The number of nitrogens with zero attached hydrogens (tertiary/aromatic N) is 1. The largest absolute Gasteiger partial charge is 0.501 e. The molecule has 1 amide bonds. The second kappa shape index (κ2) is 5.56. The summed E-state index contributed by atoms with van der Waals surface area (Å²) in [5.41, 5.74) is 4.24.